The molecule has 0 unspecified atom stereocenters. The molecule has 0 atom stereocenters. The molecule has 1 heteroatoms. The maximum atomic E-state index is 2.36. The molecule has 0 aliphatic rings. The molecule has 0 N–H and O–H groups in total. The van der Waals surface area contributed by atoms with Gasteiger partial charge in [0.15, 0.2) is 0 Å². The molecule has 0 bridgehead atoms. The van der Waals surface area contributed by atoms with Crippen molar-refractivity contribution in [3.63, 3.8) is 0 Å². The van der Waals surface area contributed by atoms with E-state index < -0.39 is 0 Å². The van der Waals surface area contributed by atoms with Crippen molar-refractivity contribution in [2.45, 2.75) is 0 Å². The average Bonchev–Trinajstić information content (AvgIpc) is 3.26. The summed E-state index contributed by atoms with van der Waals surface area (Å²) in [5, 5.41) is 2.39. The first-order chi connectivity index (χ1) is 27.3. The maximum absolute atomic E-state index is 2.36. The van der Waals surface area contributed by atoms with Gasteiger partial charge >= 0.3 is 0 Å². The van der Waals surface area contributed by atoms with E-state index in [1.54, 1.807) is 0 Å². The van der Waals surface area contributed by atoms with Crippen molar-refractivity contribution in [3.05, 3.63) is 270 Å². The van der Waals surface area contributed by atoms with E-state index in [0.717, 1.165) is 22.6 Å². The predicted octanol–water partition coefficient (Wildman–Crippen LogP) is 14.6. The number of rotatable bonds is 11. The van der Waals surface area contributed by atoms with Crippen LogP contribution in [0.4, 0.5) is 17.1 Å². The van der Waals surface area contributed by atoms with E-state index in [4.69, 9.17) is 0 Å². The van der Waals surface area contributed by atoms with Crippen molar-refractivity contribution in [3.8, 4) is 0 Å². The number of nitrogens with zero attached hydrogens (tertiary/aromatic N) is 1. The molecule has 0 radical (unpaired) electrons. The summed E-state index contributed by atoms with van der Waals surface area (Å²) in [6.45, 7) is 0. The van der Waals surface area contributed by atoms with Gasteiger partial charge in [0.1, 0.15) is 0 Å². The van der Waals surface area contributed by atoms with E-state index in [1.165, 1.54) is 49.7 Å². The maximum Gasteiger partial charge on any atom is 0.0540 e. The Balaban J connectivity index is 1.12. The second-order valence-corrected chi connectivity index (χ2v) is 13.3. The lowest BCUT2D eigenvalue weighted by atomic mass is 9.97. The molecule has 55 heavy (non-hydrogen) atoms. The van der Waals surface area contributed by atoms with Crippen LogP contribution in [0.1, 0.15) is 33.4 Å². The molecule has 0 aliphatic carbocycles. The van der Waals surface area contributed by atoms with Crippen molar-refractivity contribution in [2.75, 3.05) is 4.90 Å². The molecule has 0 aliphatic heterocycles. The van der Waals surface area contributed by atoms with Gasteiger partial charge in [0, 0.05) is 16.8 Å². The molecule has 0 saturated carbocycles. The molecule has 262 valence electrons. The minimum Gasteiger partial charge on any atom is -0.310 e. The molecular weight excluding hydrogens is 663 g/mol. The zero-order valence-corrected chi connectivity index (χ0v) is 30.6. The quantitative estimate of drug-likeness (QED) is 0.121. The van der Waals surface area contributed by atoms with Crippen LogP contribution in [0.25, 0.3) is 34.1 Å². The number of anilines is 3. The Hall–Kier alpha value is -7.22. The molecule has 0 spiro atoms. The lowest BCUT2D eigenvalue weighted by Gasteiger charge is -2.27. The van der Waals surface area contributed by atoms with Crippen LogP contribution in [0.3, 0.4) is 0 Å². The highest BCUT2D eigenvalue weighted by atomic mass is 15.1. The highest BCUT2D eigenvalue weighted by Gasteiger charge is 2.16. The van der Waals surface area contributed by atoms with Crippen molar-refractivity contribution >= 4 is 51.1 Å². The van der Waals surface area contributed by atoms with Crippen LogP contribution in [0, 0.1) is 0 Å². The zero-order chi connectivity index (χ0) is 37.1. The highest BCUT2D eigenvalue weighted by molar-refractivity contribution is 6.03. The lowest BCUT2D eigenvalue weighted by molar-refractivity contribution is 1.29. The van der Waals surface area contributed by atoms with Crippen molar-refractivity contribution < 1.29 is 0 Å². The van der Waals surface area contributed by atoms with Gasteiger partial charge in [0.05, 0.1) is 5.69 Å². The monoisotopic (exact) mass is 703 g/mol. The first-order valence-electron chi connectivity index (χ1n) is 18.8. The first-order valence-corrected chi connectivity index (χ1v) is 18.8. The first kappa shape index (κ1) is 34.8. The van der Waals surface area contributed by atoms with E-state index in [9.17, 15) is 0 Å². The van der Waals surface area contributed by atoms with Crippen molar-refractivity contribution in [1.82, 2.24) is 0 Å². The molecular formula is C54H41N. The van der Waals surface area contributed by atoms with E-state index in [0.29, 0.717) is 0 Å². The van der Waals surface area contributed by atoms with Crippen LogP contribution in [0.5, 0.6) is 0 Å². The molecule has 8 aromatic rings. The molecule has 8 rings (SSSR count). The third-order valence-electron chi connectivity index (χ3n) is 9.77. The average molecular weight is 704 g/mol. The smallest absolute Gasteiger partial charge is 0.0540 e. The third kappa shape index (κ3) is 8.23. The fourth-order valence-corrected chi connectivity index (χ4v) is 7.08. The van der Waals surface area contributed by atoms with Gasteiger partial charge in [-0.25, -0.2) is 0 Å². The molecule has 0 saturated heterocycles. The Morgan fingerprint density at radius 2 is 0.727 bits per heavy atom. The molecule has 8 aromatic carbocycles. The molecule has 0 fully saturated rings. The second-order valence-electron chi connectivity index (χ2n) is 13.3. The minimum absolute atomic E-state index is 1.10. The van der Waals surface area contributed by atoms with Crippen LogP contribution in [-0.2, 0) is 0 Å². The van der Waals surface area contributed by atoms with E-state index in [2.05, 4.69) is 254 Å². The number of para-hydroxylation sites is 1. The summed E-state index contributed by atoms with van der Waals surface area (Å²) >= 11 is 0. The Morgan fingerprint density at radius 1 is 0.327 bits per heavy atom. The Morgan fingerprint density at radius 3 is 1.22 bits per heavy atom. The van der Waals surface area contributed by atoms with Crippen molar-refractivity contribution in [2.24, 2.45) is 0 Å². The van der Waals surface area contributed by atoms with Gasteiger partial charge < -0.3 is 4.90 Å². The van der Waals surface area contributed by atoms with Crippen LogP contribution < -0.4 is 4.90 Å². The van der Waals surface area contributed by atoms with Gasteiger partial charge in [-0.3, -0.25) is 0 Å². The summed E-state index contributed by atoms with van der Waals surface area (Å²) in [6, 6.07) is 75.0. The predicted molar refractivity (Wildman–Crippen MR) is 237 cm³/mol. The Bertz CT molecular complexity index is 2500. The van der Waals surface area contributed by atoms with Gasteiger partial charge in [-0.15, -0.1) is 0 Å². The summed E-state index contributed by atoms with van der Waals surface area (Å²) in [5.74, 6) is 0. The summed E-state index contributed by atoms with van der Waals surface area (Å²) in [7, 11) is 0. The molecule has 0 aromatic heterocycles. The van der Waals surface area contributed by atoms with E-state index in [-0.39, 0.29) is 0 Å². The summed E-state index contributed by atoms with van der Waals surface area (Å²) in [4.78, 5) is 2.36. The normalized spacial score (nSPS) is 11.1. The second kappa shape index (κ2) is 17.1. The van der Waals surface area contributed by atoms with E-state index in [1.807, 2.05) is 0 Å². The van der Waals surface area contributed by atoms with Gasteiger partial charge in [-0.2, -0.15) is 0 Å². The Kier molecular flexibility index (Phi) is 10.8. The van der Waals surface area contributed by atoms with E-state index >= 15 is 0 Å². The summed E-state index contributed by atoms with van der Waals surface area (Å²) in [6.07, 6.45) is 13.2. The largest absolute Gasteiger partial charge is 0.310 e. The molecule has 0 amide bonds. The third-order valence-corrected chi connectivity index (χ3v) is 9.77. The van der Waals surface area contributed by atoms with Crippen LogP contribution in [0.2, 0.25) is 0 Å². The number of allylic oxidation sites excluding steroid dienone is 4. The van der Waals surface area contributed by atoms with Crippen LogP contribution >= 0.6 is 0 Å². The van der Waals surface area contributed by atoms with Gasteiger partial charge in [-0.1, -0.05) is 218 Å². The number of hydrogen-bond donors (Lipinski definition) is 0. The minimum atomic E-state index is 1.10. The number of hydrogen-bond acceptors (Lipinski definition) is 1. The SMILES string of the molecule is C(=Cc1ccc(N(c2ccccc2)c2ccc(C=CC=C(c3ccccc3)c3ccccc3)c3ccccc23)cc1)C=C(c1ccccc1)c1ccccc1. The standard InChI is InChI=1S/C54H41N/c1-6-21-43(22-7-1)50(44-23-8-2-9-24-44)34-18-20-42-36-39-49(40-37-42)55(48-30-14-5-15-31-48)54-41-38-47(52-32-16-17-33-53(52)54)29-19-35-51(45-25-10-3-11-26-45)46-27-12-4-13-28-46/h1-41H. The van der Waals surface area contributed by atoms with Gasteiger partial charge in [-0.05, 0) is 80.2 Å². The van der Waals surface area contributed by atoms with Gasteiger partial charge in [0.25, 0.3) is 0 Å². The van der Waals surface area contributed by atoms with Crippen molar-refractivity contribution in [1.29, 1.82) is 0 Å². The topological polar surface area (TPSA) is 3.24 Å². The van der Waals surface area contributed by atoms with Crippen LogP contribution in [0.15, 0.2) is 237 Å². The summed E-state index contributed by atoms with van der Waals surface area (Å²) < 4.78 is 0. The van der Waals surface area contributed by atoms with Gasteiger partial charge in [0.2, 0.25) is 0 Å². The molecule has 0 heterocycles. The number of benzene rings is 8. The number of fused-ring (bicyclic) bond motifs is 1. The zero-order valence-electron chi connectivity index (χ0n) is 30.6. The Labute approximate surface area is 324 Å². The fourth-order valence-electron chi connectivity index (χ4n) is 7.08. The molecule has 1 nitrogen and oxygen atoms in total. The lowest BCUT2D eigenvalue weighted by Crippen LogP contribution is -2.10. The summed E-state index contributed by atoms with van der Waals surface area (Å²) in [5.41, 5.74) is 12.8. The highest BCUT2D eigenvalue weighted by Crippen LogP contribution is 2.40. The van der Waals surface area contributed by atoms with Crippen LogP contribution in [-0.4, -0.2) is 0 Å². The fraction of sp³-hybridized carbons (Fsp3) is 0.